The van der Waals surface area contributed by atoms with Crippen molar-refractivity contribution in [3.8, 4) is 0 Å². The van der Waals surface area contributed by atoms with Crippen LogP contribution >= 0.6 is 0 Å². The first-order valence-electron chi connectivity index (χ1n) is 4.98. The summed E-state index contributed by atoms with van der Waals surface area (Å²) in [6.45, 7) is 0. The van der Waals surface area contributed by atoms with E-state index >= 15 is 0 Å². The molecule has 0 spiro atoms. The van der Waals surface area contributed by atoms with Crippen LogP contribution in [0.2, 0.25) is 0 Å². The van der Waals surface area contributed by atoms with Crippen LogP contribution in [0.15, 0.2) is 42.6 Å². The summed E-state index contributed by atoms with van der Waals surface area (Å²) >= 11 is 0. The molecule has 3 heteroatoms. The summed E-state index contributed by atoms with van der Waals surface area (Å²) in [5, 5.41) is 3.16. The van der Waals surface area contributed by atoms with E-state index in [2.05, 4.69) is 9.97 Å². The SMILES string of the molecule is O=Cc1ccc2c(ncc3ccccc32)n1. The summed E-state index contributed by atoms with van der Waals surface area (Å²) < 4.78 is 0. The molecule has 0 saturated heterocycles. The van der Waals surface area contributed by atoms with Crippen molar-refractivity contribution in [2.24, 2.45) is 0 Å². The Labute approximate surface area is 91.8 Å². The lowest BCUT2D eigenvalue weighted by molar-refractivity contribution is 0.111. The van der Waals surface area contributed by atoms with Crippen molar-refractivity contribution in [2.45, 2.75) is 0 Å². The number of rotatable bonds is 1. The molecule has 3 nitrogen and oxygen atoms in total. The first-order chi connectivity index (χ1) is 7.88. The third kappa shape index (κ3) is 1.26. The van der Waals surface area contributed by atoms with Crippen molar-refractivity contribution < 1.29 is 4.79 Å². The summed E-state index contributed by atoms with van der Waals surface area (Å²) in [5.74, 6) is 0. The van der Waals surface area contributed by atoms with E-state index in [9.17, 15) is 4.79 Å². The van der Waals surface area contributed by atoms with Gasteiger partial charge in [-0.1, -0.05) is 24.3 Å². The molecule has 0 N–H and O–H groups in total. The molecule has 0 amide bonds. The lowest BCUT2D eigenvalue weighted by atomic mass is 10.1. The Balaban J connectivity index is 2.47. The van der Waals surface area contributed by atoms with E-state index in [0.29, 0.717) is 11.3 Å². The standard InChI is InChI=1S/C13H8N2O/c16-8-10-5-6-12-11-4-2-1-3-9(11)7-14-13(12)15-10/h1-8H. The molecular weight excluding hydrogens is 200 g/mol. The fourth-order valence-corrected chi connectivity index (χ4v) is 1.82. The molecule has 0 unspecified atom stereocenters. The van der Waals surface area contributed by atoms with Crippen molar-refractivity contribution in [1.82, 2.24) is 9.97 Å². The quantitative estimate of drug-likeness (QED) is 0.456. The molecule has 0 saturated carbocycles. The van der Waals surface area contributed by atoms with Crippen LogP contribution < -0.4 is 0 Å². The van der Waals surface area contributed by atoms with Crippen molar-refractivity contribution >= 4 is 28.1 Å². The zero-order chi connectivity index (χ0) is 11.0. The number of carbonyl (C=O) groups is 1. The van der Waals surface area contributed by atoms with Gasteiger partial charge in [-0.05, 0) is 17.5 Å². The van der Waals surface area contributed by atoms with Gasteiger partial charge in [-0.2, -0.15) is 0 Å². The van der Waals surface area contributed by atoms with Crippen molar-refractivity contribution in [3.63, 3.8) is 0 Å². The Morgan fingerprint density at radius 1 is 1.00 bits per heavy atom. The summed E-state index contributed by atoms with van der Waals surface area (Å²) in [6.07, 6.45) is 2.51. The Morgan fingerprint density at radius 3 is 2.75 bits per heavy atom. The predicted molar refractivity (Wildman–Crippen MR) is 62.4 cm³/mol. The minimum absolute atomic E-state index is 0.412. The van der Waals surface area contributed by atoms with Crippen molar-refractivity contribution in [3.05, 3.63) is 48.3 Å². The van der Waals surface area contributed by atoms with Gasteiger partial charge < -0.3 is 0 Å². The average molecular weight is 208 g/mol. The molecule has 0 radical (unpaired) electrons. The molecule has 0 aliphatic rings. The maximum absolute atomic E-state index is 10.6. The van der Waals surface area contributed by atoms with E-state index in [4.69, 9.17) is 0 Å². The predicted octanol–water partition coefficient (Wildman–Crippen LogP) is 2.60. The topological polar surface area (TPSA) is 42.9 Å². The third-order valence-electron chi connectivity index (χ3n) is 2.59. The number of fused-ring (bicyclic) bond motifs is 3. The van der Waals surface area contributed by atoms with Crippen LogP contribution in [0, 0.1) is 0 Å². The molecule has 2 heterocycles. The van der Waals surface area contributed by atoms with Crippen LogP contribution in [0.25, 0.3) is 21.8 Å². The van der Waals surface area contributed by atoms with Gasteiger partial charge in [0.25, 0.3) is 0 Å². The average Bonchev–Trinajstić information content (AvgIpc) is 2.38. The normalized spacial score (nSPS) is 10.8. The van der Waals surface area contributed by atoms with E-state index in [1.165, 1.54) is 0 Å². The molecular formula is C13H8N2O. The molecule has 1 aromatic carbocycles. The van der Waals surface area contributed by atoms with Gasteiger partial charge in [0.05, 0.1) is 0 Å². The maximum Gasteiger partial charge on any atom is 0.168 e. The van der Waals surface area contributed by atoms with Gasteiger partial charge in [-0.3, -0.25) is 4.79 Å². The lowest BCUT2D eigenvalue weighted by Gasteiger charge is -2.02. The Bertz CT molecular complexity index is 692. The number of nitrogens with zero attached hydrogens (tertiary/aromatic N) is 2. The Morgan fingerprint density at radius 2 is 1.88 bits per heavy atom. The largest absolute Gasteiger partial charge is 0.296 e. The number of hydrogen-bond acceptors (Lipinski definition) is 3. The van der Waals surface area contributed by atoms with Gasteiger partial charge in [0, 0.05) is 17.0 Å². The highest BCUT2D eigenvalue weighted by Gasteiger charge is 2.02. The zero-order valence-corrected chi connectivity index (χ0v) is 8.42. The van der Waals surface area contributed by atoms with Gasteiger partial charge in [-0.15, -0.1) is 0 Å². The summed E-state index contributed by atoms with van der Waals surface area (Å²) in [4.78, 5) is 19.0. The van der Waals surface area contributed by atoms with Crippen LogP contribution in [0.3, 0.4) is 0 Å². The lowest BCUT2D eigenvalue weighted by Crippen LogP contribution is -1.90. The highest BCUT2D eigenvalue weighted by molar-refractivity contribution is 6.04. The number of carbonyl (C=O) groups excluding carboxylic acids is 1. The fraction of sp³-hybridized carbons (Fsp3) is 0. The maximum atomic E-state index is 10.6. The van der Waals surface area contributed by atoms with Crippen LogP contribution in [0.5, 0.6) is 0 Å². The molecule has 3 aromatic rings. The van der Waals surface area contributed by atoms with Gasteiger partial charge in [0.2, 0.25) is 0 Å². The molecule has 0 fully saturated rings. The smallest absolute Gasteiger partial charge is 0.168 e. The number of benzene rings is 1. The molecule has 0 bridgehead atoms. The highest BCUT2D eigenvalue weighted by Crippen LogP contribution is 2.21. The molecule has 2 aromatic heterocycles. The van der Waals surface area contributed by atoms with E-state index in [1.54, 1.807) is 12.3 Å². The summed E-state index contributed by atoms with van der Waals surface area (Å²) in [5.41, 5.74) is 1.03. The molecule has 0 aliphatic carbocycles. The number of pyridine rings is 2. The molecule has 3 rings (SSSR count). The number of hydrogen-bond donors (Lipinski definition) is 0. The second-order valence-corrected chi connectivity index (χ2v) is 3.57. The highest BCUT2D eigenvalue weighted by atomic mass is 16.1. The van der Waals surface area contributed by atoms with E-state index in [-0.39, 0.29) is 0 Å². The summed E-state index contributed by atoms with van der Waals surface area (Å²) in [6, 6.07) is 11.6. The first-order valence-corrected chi connectivity index (χ1v) is 4.98. The van der Waals surface area contributed by atoms with Crippen molar-refractivity contribution in [2.75, 3.05) is 0 Å². The van der Waals surface area contributed by atoms with E-state index in [1.807, 2.05) is 30.3 Å². The van der Waals surface area contributed by atoms with E-state index in [0.717, 1.165) is 22.4 Å². The van der Waals surface area contributed by atoms with Crippen LogP contribution in [0.4, 0.5) is 0 Å². The van der Waals surface area contributed by atoms with Crippen LogP contribution in [-0.2, 0) is 0 Å². The number of aldehydes is 1. The second kappa shape index (κ2) is 3.38. The van der Waals surface area contributed by atoms with Gasteiger partial charge in [0.1, 0.15) is 5.69 Å². The zero-order valence-electron chi connectivity index (χ0n) is 8.42. The van der Waals surface area contributed by atoms with Gasteiger partial charge >= 0.3 is 0 Å². The van der Waals surface area contributed by atoms with Crippen LogP contribution in [-0.4, -0.2) is 16.3 Å². The number of aromatic nitrogens is 2. The fourth-order valence-electron chi connectivity index (χ4n) is 1.82. The minimum atomic E-state index is 0.412. The Kier molecular flexibility index (Phi) is 1.90. The first kappa shape index (κ1) is 8.97. The molecule has 76 valence electrons. The molecule has 0 aliphatic heterocycles. The van der Waals surface area contributed by atoms with Gasteiger partial charge in [-0.25, -0.2) is 9.97 Å². The van der Waals surface area contributed by atoms with E-state index < -0.39 is 0 Å². The monoisotopic (exact) mass is 208 g/mol. The Hall–Kier alpha value is -2.29. The van der Waals surface area contributed by atoms with Crippen molar-refractivity contribution in [1.29, 1.82) is 0 Å². The third-order valence-corrected chi connectivity index (χ3v) is 2.59. The minimum Gasteiger partial charge on any atom is -0.296 e. The van der Waals surface area contributed by atoms with Gasteiger partial charge in [0.15, 0.2) is 11.9 Å². The van der Waals surface area contributed by atoms with Crippen LogP contribution in [0.1, 0.15) is 10.5 Å². The second-order valence-electron chi connectivity index (χ2n) is 3.57. The summed E-state index contributed by atoms with van der Waals surface area (Å²) in [7, 11) is 0. The molecule has 0 atom stereocenters. The molecule has 16 heavy (non-hydrogen) atoms.